The Morgan fingerprint density at radius 2 is 1.34 bits per heavy atom. The van der Waals surface area contributed by atoms with Crippen molar-refractivity contribution in [3.63, 3.8) is 0 Å². The van der Waals surface area contributed by atoms with Crippen LogP contribution < -0.4 is 5.32 Å². The third kappa shape index (κ3) is 15.6. The Balaban J connectivity index is 2.13. The van der Waals surface area contributed by atoms with Gasteiger partial charge in [-0.2, -0.15) is 0 Å². The highest BCUT2D eigenvalue weighted by atomic mass is 16.6. The SMILES string of the molecule is CC(C)(C)OC(=O)CCc1ccc(CCCCCCCCC(=O)NC(CCC(=O)O)C(=O)O)cc1. The van der Waals surface area contributed by atoms with Gasteiger partial charge in [0.25, 0.3) is 0 Å². The molecule has 1 aromatic rings. The van der Waals surface area contributed by atoms with Crippen molar-refractivity contribution < 1.29 is 34.1 Å². The molecule has 1 unspecified atom stereocenters. The minimum absolute atomic E-state index is 0.120. The quantitative estimate of drug-likeness (QED) is 0.213. The van der Waals surface area contributed by atoms with Crippen LogP contribution in [0.4, 0.5) is 0 Å². The van der Waals surface area contributed by atoms with Crippen LogP contribution in [0.5, 0.6) is 0 Å². The van der Waals surface area contributed by atoms with Gasteiger partial charge in [0.1, 0.15) is 11.6 Å². The van der Waals surface area contributed by atoms with Crippen molar-refractivity contribution in [2.75, 3.05) is 0 Å². The summed E-state index contributed by atoms with van der Waals surface area (Å²) in [5.74, 6) is -2.83. The minimum Gasteiger partial charge on any atom is -0.481 e. The standard InChI is InChI=1S/C27H41NO7/c1-27(2,3)35-25(32)19-16-21-14-12-20(13-15-21)10-8-6-4-5-7-9-11-23(29)28-22(26(33)34)17-18-24(30)31/h12-15,22H,4-11,16-19H2,1-3H3,(H,28,29)(H,30,31)(H,33,34). The van der Waals surface area contributed by atoms with Gasteiger partial charge in [-0.15, -0.1) is 0 Å². The van der Waals surface area contributed by atoms with E-state index in [9.17, 15) is 19.2 Å². The summed E-state index contributed by atoms with van der Waals surface area (Å²) in [5, 5.41) is 20.1. The van der Waals surface area contributed by atoms with Crippen molar-refractivity contribution >= 4 is 23.8 Å². The third-order valence-electron chi connectivity index (χ3n) is 5.46. The van der Waals surface area contributed by atoms with Gasteiger partial charge in [-0.1, -0.05) is 49.9 Å². The van der Waals surface area contributed by atoms with Gasteiger partial charge in [0.15, 0.2) is 0 Å². The van der Waals surface area contributed by atoms with Gasteiger partial charge in [0, 0.05) is 19.3 Å². The van der Waals surface area contributed by atoms with E-state index >= 15 is 0 Å². The van der Waals surface area contributed by atoms with Gasteiger partial charge >= 0.3 is 17.9 Å². The molecule has 0 aliphatic carbocycles. The van der Waals surface area contributed by atoms with E-state index in [2.05, 4.69) is 29.6 Å². The summed E-state index contributed by atoms with van der Waals surface area (Å²) >= 11 is 0. The lowest BCUT2D eigenvalue weighted by molar-refractivity contribution is -0.154. The highest BCUT2D eigenvalue weighted by molar-refractivity contribution is 5.83. The number of ether oxygens (including phenoxy) is 1. The monoisotopic (exact) mass is 491 g/mol. The van der Waals surface area contributed by atoms with Crippen LogP contribution in [-0.4, -0.2) is 45.7 Å². The summed E-state index contributed by atoms with van der Waals surface area (Å²) in [6.07, 6.45) is 7.73. The fraction of sp³-hybridized carbons (Fsp3) is 0.630. The summed E-state index contributed by atoms with van der Waals surface area (Å²) in [4.78, 5) is 45.4. The van der Waals surface area contributed by atoms with E-state index in [1.807, 2.05) is 20.8 Å². The van der Waals surface area contributed by atoms with Crippen LogP contribution in [-0.2, 0) is 36.8 Å². The summed E-state index contributed by atoms with van der Waals surface area (Å²) in [7, 11) is 0. The zero-order chi connectivity index (χ0) is 26.3. The Labute approximate surface area is 208 Å². The van der Waals surface area contributed by atoms with Gasteiger partial charge < -0.3 is 20.3 Å². The van der Waals surface area contributed by atoms with Gasteiger partial charge in [-0.25, -0.2) is 4.79 Å². The molecule has 8 nitrogen and oxygen atoms in total. The second-order valence-corrected chi connectivity index (χ2v) is 9.92. The molecule has 8 heteroatoms. The highest BCUT2D eigenvalue weighted by Crippen LogP contribution is 2.14. The molecule has 0 aromatic heterocycles. The maximum atomic E-state index is 11.9. The number of unbranched alkanes of at least 4 members (excludes halogenated alkanes) is 5. The van der Waals surface area contributed by atoms with Crippen molar-refractivity contribution in [3.05, 3.63) is 35.4 Å². The second kappa shape index (κ2) is 15.9. The average molecular weight is 492 g/mol. The summed E-state index contributed by atoms with van der Waals surface area (Å²) < 4.78 is 5.34. The largest absolute Gasteiger partial charge is 0.481 e. The van der Waals surface area contributed by atoms with Crippen molar-refractivity contribution in [1.29, 1.82) is 0 Å². The number of hydrogen-bond acceptors (Lipinski definition) is 5. The highest BCUT2D eigenvalue weighted by Gasteiger charge is 2.20. The number of nitrogens with one attached hydrogen (secondary N) is 1. The lowest BCUT2D eigenvalue weighted by Gasteiger charge is -2.19. The topological polar surface area (TPSA) is 130 Å². The van der Waals surface area contributed by atoms with Crippen molar-refractivity contribution in [2.24, 2.45) is 0 Å². The van der Waals surface area contributed by atoms with Crippen LogP contribution in [0.3, 0.4) is 0 Å². The average Bonchev–Trinajstić information content (AvgIpc) is 2.76. The second-order valence-electron chi connectivity index (χ2n) is 9.92. The number of aliphatic carboxylic acids is 2. The fourth-order valence-electron chi connectivity index (χ4n) is 3.63. The Bertz CT molecular complexity index is 812. The number of carbonyl (C=O) groups is 4. The molecule has 0 fully saturated rings. The van der Waals surface area contributed by atoms with E-state index in [1.165, 1.54) is 5.56 Å². The van der Waals surface area contributed by atoms with Crippen LogP contribution >= 0.6 is 0 Å². The Morgan fingerprint density at radius 1 is 0.800 bits per heavy atom. The number of carbonyl (C=O) groups excluding carboxylic acids is 2. The number of carboxylic acid groups (broad SMARTS) is 2. The smallest absolute Gasteiger partial charge is 0.326 e. The zero-order valence-electron chi connectivity index (χ0n) is 21.3. The van der Waals surface area contributed by atoms with E-state index in [4.69, 9.17) is 14.9 Å². The molecule has 1 amide bonds. The van der Waals surface area contributed by atoms with Crippen LogP contribution in [0, 0.1) is 0 Å². The summed E-state index contributed by atoms with van der Waals surface area (Å²) in [5.41, 5.74) is 1.95. The first-order valence-electron chi connectivity index (χ1n) is 12.5. The molecule has 1 atom stereocenters. The predicted molar refractivity (Wildman–Crippen MR) is 133 cm³/mol. The van der Waals surface area contributed by atoms with E-state index in [0.717, 1.165) is 44.1 Å². The molecule has 0 saturated heterocycles. The van der Waals surface area contributed by atoms with Crippen molar-refractivity contribution in [2.45, 2.75) is 109 Å². The van der Waals surface area contributed by atoms with Crippen LogP contribution in [0.1, 0.15) is 96.1 Å². The van der Waals surface area contributed by atoms with E-state index in [1.54, 1.807) is 0 Å². The number of carboxylic acids is 2. The molecule has 1 rings (SSSR count). The number of esters is 1. The Morgan fingerprint density at radius 3 is 1.89 bits per heavy atom. The molecule has 35 heavy (non-hydrogen) atoms. The zero-order valence-corrected chi connectivity index (χ0v) is 21.3. The molecule has 0 radical (unpaired) electrons. The normalized spacial score (nSPS) is 12.1. The molecular formula is C27H41NO7. The number of rotatable bonds is 17. The molecule has 0 aliphatic rings. The van der Waals surface area contributed by atoms with Crippen LogP contribution in [0.25, 0.3) is 0 Å². The molecule has 1 aromatic carbocycles. The molecule has 0 aliphatic heterocycles. The minimum atomic E-state index is -1.21. The lowest BCUT2D eigenvalue weighted by Crippen LogP contribution is -2.41. The third-order valence-corrected chi connectivity index (χ3v) is 5.46. The number of benzene rings is 1. The number of hydrogen-bond donors (Lipinski definition) is 3. The molecule has 0 spiro atoms. The molecule has 196 valence electrons. The maximum absolute atomic E-state index is 11.9. The Hall–Kier alpha value is -2.90. The molecule has 0 heterocycles. The molecule has 0 bridgehead atoms. The molecule has 3 N–H and O–H groups in total. The molecular weight excluding hydrogens is 450 g/mol. The summed E-state index contributed by atoms with van der Waals surface area (Å²) in [6, 6.07) is 7.22. The first kappa shape index (κ1) is 30.1. The van der Waals surface area contributed by atoms with Gasteiger partial charge in [-0.05, 0) is 64.0 Å². The predicted octanol–water partition coefficient (Wildman–Crippen LogP) is 4.67. The first-order valence-corrected chi connectivity index (χ1v) is 12.5. The lowest BCUT2D eigenvalue weighted by atomic mass is 10.0. The van der Waals surface area contributed by atoms with Gasteiger partial charge in [-0.3, -0.25) is 14.4 Å². The summed E-state index contributed by atoms with van der Waals surface area (Å²) in [6.45, 7) is 5.60. The van der Waals surface area contributed by atoms with E-state index in [0.29, 0.717) is 19.3 Å². The number of aryl methyl sites for hydroxylation is 2. The Kier molecular flexibility index (Phi) is 13.7. The van der Waals surface area contributed by atoms with Gasteiger partial charge in [0.05, 0.1) is 0 Å². The van der Waals surface area contributed by atoms with Crippen molar-refractivity contribution in [3.8, 4) is 0 Å². The first-order chi connectivity index (χ1) is 16.5. The van der Waals surface area contributed by atoms with Gasteiger partial charge in [0.2, 0.25) is 5.91 Å². The maximum Gasteiger partial charge on any atom is 0.326 e. The van der Waals surface area contributed by atoms with E-state index in [-0.39, 0.29) is 31.1 Å². The van der Waals surface area contributed by atoms with Crippen LogP contribution in [0.15, 0.2) is 24.3 Å². The number of amides is 1. The fourth-order valence-corrected chi connectivity index (χ4v) is 3.63. The molecule has 0 saturated carbocycles. The van der Waals surface area contributed by atoms with Crippen LogP contribution in [0.2, 0.25) is 0 Å². The van der Waals surface area contributed by atoms with E-state index < -0.39 is 23.6 Å². The van der Waals surface area contributed by atoms with Crippen molar-refractivity contribution in [1.82, 2.24) is 5.32 Å².